The van der Waals surface area contributed by atoms with Gasteiger partial charge >= 0.3 is 0 Å². The molecule has 0 aliphatic carbocycles. The number of non-ortho nitro benzene ring substituents is 1. The van der Waals surface area contributed by atoms with Crippen LogP contribution in [0.4, 0.5) is 5.69 Å². The number of sulfonamides is 1. The third-order valence-electron chi connectivity index (χ3n) is 3.16. The Morgan fingerprint density at radius 1 is 1.42 bits per heavy atom. The normalized spacial score (nSPS) is 19.2. The predicted molar refractivity (Wildman–Crippen MR) is 69.3 cm³/mol. The Balaban J connectivity index is 2.15. The smallest absolute Gasteiger partial charge is 0.269 e. The number of hydrogen-bond acceptors (Lipinski definition) is 5. The lowest BCUT2D eigenvalue weighted by atomic mass is 10.1. The SMILES string of the molecule is CN(CC1CCN1)S(=O)(=O)c1ccc([N+](=O)[O-])cc1. The first-order valence-corrected chi connectivity index (χ1v) is 7.29. The van der Waals surface area contributed by atoms with Crippen molar-refractivity contribution < 1.29 is 13.3 Å². The van der Waals surface area contributed by atoms with Gasteiger partial charge in [0.25, 0.3) is 5.69 Å². The molecule has 1 fully saturated rings. The lowest BCUT2D eigenvalue weighted by molar-refractivity contribution is -0.384. The second kappa shape index (κ2) is 5.24. The molecule has 0 bridgehead atoms. The molecule has 1 aromatic carbocycles. The van der Waals surface area contributed by atoms with Crippen LogP contribution in [0.5, 0.6) is 0 Å². The van der Waals surface area contributed by atoms with E-state index in [2.05, 4.69) is 5.32 Å². The van der Waals surface area contributed by atoms with Gasteiger partial charge in [-0.05, 0) is 25.1 Å². The van der Waals surface area contributed by atoms with Crippen molar-refractivity contribution in [1.29, 1.82) is 0 Å². The van der Waals surface area contributed by atoms with Crippen molar-refractivity contribution in [3.8, 4) is 0 Å². The van der Waals surface area contributed by atoms with Gasteiger partial charge in [0, 0.05) is 31.8 Å². The maximum Gasteiger partial charge on any atom is 0.269 e. The summed E-state index contributed by atoms with van der Waals surface area (Å²) in [5, 5.41) is 13.7. The van der Waals surface area contributed by atoms with Crippen LogP contribution in [0.1, 0.15) is 6.42 Å². The van der Waals surface area contributed by atoms with Crippen LogP contribution in [0.25, 0.3) is 0 Å². The van der Waals surface area contributed by atoms with E-state index >= 15 is 0 Å². The summed E-state index contributed by atoms with van der Waals surface area (Å²) in [4.78, 5) is 10.0. The molecule has 0 aromatic heterocycles. The van der Waals surface area contributed by atoms with Crippen LogP contribution in [0.15, 0.2) is 29.2 Å². The summed E-state index contributed by atoms with van der Waals surface area (Å²) in [5.41, 5.74) is -0.123. The van der Waals surface area contributed by atoms with Gasteiger partial charge in [0.15, 0.2) is 0 Å². The maximum atomic E-state index is 12.2. The Morgan fingerprint density at radius 2 is 2.00 bits per heavy atom. The minimum Gasteiger partial charge on any atom is -0.313 e. The highest BCUT2D eigenvalue weighted by Crippen LogP contribution is 2.19. The summed E-state index contributed by atoms with van der Waals surface area (Å²) >= 11 is 0. The zero-order chi connectivity index (χ0) is 14.0. The Morgan fingerprint density at radius 3 is 2.42 bits per heavy atom. The number of benzene rings is 1. The topological polar surface area (TPSA) is 92.6 Å². The summed E-state index contributed by atoms with van der Waals surface area (Å²) in [5.74, 6) is 0. The molecule has 1 aliphatic heterocycles. The lowest BCUT2D eigenvalue weighted by Crippen LogP contribution is -2.50. The van der Waals surface area contributed by atoms with Gasteiger partial charge in [0.1, 0.15) is 0 Å². The molecule has 1 atom stereocenters. The van der Waals surface area contributed by atoms with E-state index in [1.807, 2.05) is 0 Å². The van der Waals surface area contributed by atoms with Crippen LogP contribution < -0.4 is 5.32 Å². The molecule has 8 heteroatoms. The first-order chi connectivity index (χ1) is 8.91. The second-order valence-electron chi connectivity index (χ2n) is 4.48. The second-order valence-corrected chi connectivity index (χ2v) is 6.52. The van der Waals surface area contributed by atoms with Crippen LogP contribution in [0, 0.1) is 10.1 Å². The molecule has 104 valence electrons. The van der Waals surface area contributed by atoms with E-state index < -0.39 is 14.9 Å². The Kier molecular flexibility index (Phi) is 3.83. The van der Waals surface area contributed by atoms with Crippen LogP contribution >= 0.6 is 0 Å². The van der Waals surface area contributed by atoms with Gasteiger partial charge in [-0.1, -0.05) is 0 Å². The first-order valence-electron chi connectivity index (χ1n) is 5.85. The van der Waals surface area contributed by atoms with Crippen molar-refractivity contribution in [2.24, 2.45) is 0 Å². The highest BCUT2D eigenvalue weighted by atomic mass is 32.2. The molecule has 0 saturated carbocycles. The summed E-state index contributed by atoms with van der Waals surface area (Å²) in [6.45, 7) is 1.31. The highest BCUT2D eigenvalue weighted by molar-refractivity contribution is 7.89. The number of hydrogen-bond donors (Lipinski definition) is 1. The van der Waals surface area contributed by atoms with E-state index in [1.165, 1.54) is 35.6 Å². The van der Waals surface area contributed by atoms with Gasteiger partial charge in [-0.25, -0.2) is 8.42 Å². The molecule has 1 aliphatic rings. The van der Waals surface area contributed by atoms with E-state index in [4.69, 9.17) is 0 Å². The zero-order valence-corrected chi connectivity index (χ0v) is 11.3. The van der Waals surface area contributed by atoms with Crippen LogP contribution in [0.3, 0.4) is 0 Å². The third-order valence-corrected chi connectivity index (χ3v) is 5.00. The molecule has 1 aromatic rings. The molecule has 0 amide bonds. The highest BCUT2D eigenvalue weighted by Gasteiger charge is 2.26. The Hall–Kier alpha value is -1.51. The van der Waals surface area contributed by atoms with Crippen LogP contribution in [-0.4, -0.2) is 43.8 Å². The Labute approximate surface area is 111 Å². The standard InChI is InChI=1S/C11H15N3O4S/c1-13(8-9-6-7-12-9)19(17,18)11-4-2-10(3-5-11)14(15)16/h2-5,9,12H,6-8H2,1H3. The van der Waals surface area contributed by atoms with Gasteiger partial charge in [-0.2, -0.15) is 4.31 Å². The van der Waals surface area contributed by atoms with Gasteiger partial charge in [-0.3, -0.25) is 10.1 Å². The zero-order valence-electron chi connectivity index (χ0n) is 10.4. The van der Waals surface area contributed by atoms with Crippen molar-refractivity contribution in [2.75, 3.05) is 20.1 Å². The number of nitrogens with one attached hydrogen (secondary N) is 1. The van der Waals surface area contributed by atoms with E-state index in [-0.39, 0.29) is 16.6 Å². The molecule has 0 spiro atoms. The predicted octanol–water partition coefficient (Wildman–Crippen LogP) is 0.577. The molecule has 1 heterocycles. The molecule has 1 N–H and O–H groups in total. The van der Waals surface area contributed by atoms with Crippen molar-refractivity contribution in [3.63, 3.8) is 0 Å². The molecule has 1 saturated heterocycles. The molecular formula is C11H15N3O4S. The summed E-state index contributed by atoms with van der Waals surface area (Å²) in [7, 11) is -2.07. The van der Waals surface area contributed by atoms with Gasteiger partial charge < -0.3 is 5.32 Å². The van der Waals surface area contributed by atoms with E-state index in [1.54, 1.807) is 0 Å². The molecule has 19 heavy (non-hydrogen) atoms. The molecule has 1 unspecified atom stereocenters. The van der Waals surface area contributed by atoms with Crippen molar-refractivity contribution in [2.45, 2.75) is 17.4 Å². The molecule has 7 nitrogen and oxygen atoms in total. The maximum absolute atomic E-state index is 12.2. The van der Waals surface area contributed by atoms with Gasteiger partial charge in [0.2, 0.25) is 10.0 Å². The quantitative estimate of drug-likeness (QED) is 0.631. The van der Waals surface area contributed by atoms with E-state index in [9.17, 15) is 18.5 Å². The summed E-state index contributed by atoms with van der Waals surface area (Å²) in [6, 6.07) is 5.11. The largest absolute Gasteiger partial charge is 0.313 e. The average Bonchev–Trinajstić information content (AvgIpc) is 2.33. The summed E-state index contributed by atoms with van der Waals surface area (Å²) < 4.78 is 25.7. The fraction of sp³-hybridized carbons (Fsp3) is 0.455. The number of nitro benzene ring substituents is 1. The fourth-order valence-corrected chi connectivity index (χ4v) is 3.05. The monoisotopic (exact) mass is 285 g/mol. The van der Waals surface area contributed by atoms with Gasteiger partial charge in [0.05, 0.1) is 9.82 Å². The number of nitrogens with zero attached hydrogens (tertiary/aromatic N) is 2. The van der Waals surface area contributed by atoms with Crippen LogP contribution in [0.2, 0.25) is 0 Å². The van der Waals surface area contributed by atoms with Crippen molar-refractivity contribution in [3.05, 3.63) is 34.4 Å². The van der Waals surface area contributed by atoms with E-state index in [0.717, 1.165) is 13.0 Å². The van der Waals surface area contributed by atoms with Crippen molar-refractivity contribution >= 4 is 15.7 Å². The van der Waals surface area contributed by atoms with E-state index in [0.29, 0.717) is 6.54 Å². The number of rotatable bonds is 5. The summed E-state index contributed by atoms with van der Waals surface area (Å²) in [6.07, 6.45) is 0.958. The fourth-order valence-electron chi connectivity index (χ4n) is 1.83. The minimum absolute atomic E-state index is 0.0694. The Bertz CT molecular complexity index is 566. The van der Waals surface area contributed by atoms with Crippen molar-refractivity contribution in [1.82, 2.24) is 9.62 Å². The molecule has 2 rings (SSSR count). The molecule has 0 radical (unpaired) electrons. The van der Waals surface area contributed by atoms with Crippen LogP contribution in [-0.2, 0) is 10.0 Å². The lowest BCUT2D eigenvalue weighted by Gasteiger charge is -2.31. The average molecular weight is 285 g/mol. The number of likely N-dealkylation sites (N-methyl/N-ethyl adjacent to an activating group) is 1. The van der Waals surface area contributed by atoms with Gasteiger partial charge in [-0.15, -0.1) is 0 Å². The third kappa shape index (κ3) is 2.91. The number of nitro groups is 1. The minimum atomic E-state index is -3.58. The molecular weight excluding hydrogens is 270 g/mol. The first kappa shape index (κ1) is 13.9.